The van der Waals surface area contributed by atoms with E-state index in [1.807, 2.05) is 13.8 Å². The van der Waals surface area contributed by atoms with Gasteiger partial charge in [0, 0.05) is 18.4 Å². The van der Waals surface area contributed by atoms with E-state index >= 15 is 0 Å². The summed E-state index contributed by atoms with van der Waals surface area (Å²) in [6.07, 6.45) is 0.157. The van der Waals surface area contributed by atoms with Crippen LogP contribution in [0, 0.1) is 0 Å². The lowest BCUT2D eigenvalue weighted by Gasteiger charge is -2.24. The van der Waals surface area contributed by atoms with Crippen LogP contribution in [0.5, 0.6) is 11.5 Å². The van der Waals surface area contributed by atoms with Crippen LogP contribution >= 0.6 is 0 Å². The Labute approximate surface area is 132 Å². The van der Waals surface area contributed by atoms with Crippen molar-refractivity contribution in [2.75, 3.05) is 12.4 Å². The lowest BCUT2D eigenvalue weighted by Crippen LogP contribution is -2.27. The average molecular weight is 317 g/mol. The van der Waals surface area contributed by atoms with Crippen LogP contribution in [0.3, 0.4) is 0 Å². The van der Waals surface area contributed by atoms with Gasteiger partial charge in [-0.2, -0.15) is 0 Å². The zero-order chi connectivity index (χ0) is 16.7. The molecule has 7 heteroatoms. The molecule has 0 bridgehead atoms. The number of H-pyrrole nitrogens is 1. The van der Waals surface area contributed by atoms with Crippen molar-refractivity contribution < 1.29 is 14.6 Å². The molecule has 0 aliphatic carbocycles. The maximum atomic E-state index is 12.4. The fourth-order valence-electron chi connectivity index (χ4n) is 2.98. The minimum Gasteiger partial charge on any atom is -0.504 e. The van der Waals surface area contributed by atoms with Crippen molar-refractivity contribution in [3.05, 3.63) is 39.7 Å². The molecule has 23 heavy (non-hydrogen) atoms. The number of nitrogens with zero attached hydrogens (tertiary/aromatic N) is 1. The number of hydrogen-bond acceptors (Lipinski definition) is 4. The summed E-state index contributed by atoms with van der Waals surface area (Å²) >= 11 is 0. The Hall–Kier alpha value is -2.70. The molecule has 3 N–H and O–H groups in total. The summed E-state index contributed by atoms with van der Waals surface area (Å²) in [5, 5.41) is 15.5. The SMILES string of the molecule is COc1ccc([C@@H]2CC(=O)Nc3c2c(=O)[nH]n3C(C)C)cc1O. The van der Waals surface area contributed by atoms with Gasteiger partial charge in [0.25, 0.3) is 5.56 Å². The third-order valence-electron chi connectivity index (χ3n) is 4.08. The summed E-state index contributed by atoms with van der Waals surface area (Å²) < 4.78 is 6.69. The van der Waals surface area contributed by atoms with Crippen molar-refractivity contribution in [1.29, 1.82) is 0 Å². The van der Waals surface area contributed by atoms with E-state index in [-0.39, 0.29) is 29.7 Å². The van der Waals surface area contributed by atoms with E-state index in [4.69, 9.17) is 4.74 Å². The van der Waals surface area contributed by atoms with Crippen LogP contribution in [-0.2, 0) is 4.79 Å². The van der Waals surface area contributed by atoms with Gasteiger partial charge in [-0.25, -0.2) is 0 Å². The summed E-state index contributed by atoms with van der Waals surface area (Å²) in [6.45, 7) is 3.84. The minimum absolute atomic E-state index is 0.00905. The molecule has 0 saturated heterocycles. The molecule has 1 aliphatic rings. The number of hydrogen-bond donors (Lipinski definition) is 3. The first-order valence-corrected chi connectivity index (χ1v) is 7.43. The van der Waals surface area contributed by atoms with Crippen LogP contribution in [0.2, 0.25) is 0 Å². The molecule has 3 rings (SSSR count). The van der Waals surface area contributed by atoms with Crippen LogP contribution < -0.4 is 15.6 Å². The topological polar surface area (TPSA) is 96.4 Å². The third kappa shape index (κ3) is 2.48. The first-order valence-electron chi connectivity index (χ1n) is 7.43. The zero-order valence-corrected chi connectivity index (χ0v) is 13.2. The van der Waals surface area contributed by atoms with Gasteiger partial charge in [-0.15, -0.1) is 0 Å². The second-order valence-corrected chi connectivity index (χ2v) is 5.90. The van der Waals surface area contributed by atoms with Gasteiger partial charge in [-0.1, -0.05) is 6.07 Å². The summed E-state index contributed by atoms with van der Waals surface area (Å²) in [5.41, 5.74) is 0.989. The monoisotopic (exact) mass is 317 g/mol. The molecule has 1 amide bonds. The molecule has 0 radical (unpaired) electrons. The number of carbonyl (C=O) groups is 1. The van der Waals surface area contributed by atoms with Crippen molar-refractivity contribution >= 4 is 11.7 Å². The quantitative estimate of drug-likeness (QED) is 0.806. The maximum absolute atomic E-state index is 12.4. The molecule has 122 valence electrons. The van der Waals surface area contributed by atoms with E-state index in [1.54, 1.807) is 16.8 Å². The number of aromatic hydroxyl groups is 1. The molecule has 1 atom stereocenters. The van der Waals surface area contributed by atoms with Crippen molar-refractivity contribution in [2.24, 2.45) is 0 Å². The van der Waals surface area contributed by atoms with Gasteiger partial charge in [0.15, 0.2) is 11.5 Å². The molecule has 1 aliphatic heterocycles. The third-order valence-corrected chi connectivity index (χ3v) is 4.08. The molecular formula is C16H19N3O4. The Morgan fingerprint density at radius 2 is 2.09 bits per heavy atom. The largest absolute Gasteiger partial charge is 0.504 e. The Balaban J connectivity index is 2.14. The zero-order valence-electron chi connectivity index (χ0n) is 13.2. The summed E-state index contributed by atoms with van der Waals surface area (Å²) in [6, 6.07) is 4.94. The molecular weight excluding hydrogens is 298 g/mol. The number of carbonyl (C=O) groups excluding carboxylic acids is 1. The maximum Gasteiger partial charge on any atom is 0.270 e. The number of methoxy groups -OCH3 is 1. The van der Waals surface area contributed by atoms with Gasteiger partial charge in [-0.3, -0.25) is 19.4 Å². The molecule has 0 spiro atoms. The van der Waals surface area contributed by atoms with Crippen LogP contribution in [0.25, 0.3) is 0 Å². The van der Waals surface area contributed by atoms with Gasteiger partial charge in [0.1, 0.15) is 5.82 Å². The molecule has 1 aromatic heterocycles. The Kier molecular flexibility index (Phi) is 3.63. The first-order chi connectivity index (χ1) is 10.9. The number of phenolic OH excluding ortho intramolecular Hbond substituents is 1. The van der Waals surface area contributed by atoms with E-state index in [1.165, 1.54) is 13.2 Å². The Morgan fingerprint density at radius 3 is 2.70 bits per heavy atom. The number of rotatable bonds is 3. The number of anilines is 1. The Bertz CT molecular complexity index is 819. The number of ether oxygens (including phenoxy) is 1. The summed E-state index contributed by atoms with van der Waals surface area (Å²) in [7, 11) is 1.47. The first kappa shape index (κ1) is 15.2. The molecule has 0 saturated carbocycles. The second-order valence-electron chi connectivity index (χ2n) is 5.90. The van der Waals surface area contributed by atoms with Crippen LogP contribution in [0.15, 0.2) is 23.0 Å². The fourth-order valence-corrected chi connectivity index (χ4v) is 2.98. The normalized spacial score (nSPS) is 17.0. The van der Waals surface area contributed by atoms with Crippen LogP contribution in [-0.4, -0.2) is 27.9 Å². The smallest absolute Gasteiger partial charge is 0.270 e. The van der Waals surface area contributed by atoms with E-state index < -0.39 is 5.92 Å². The molecule has 0 fully saturated rings. The van der Waals surface area contributed by atoms with E-state index in [2.05, 4.69) is 10.4 Å². The van der Waals surface area contributed by atoms with Gasteiger partial charge >= 0.3 is 0 Å². The Morgan fingerprint density at radius 1 is 1.35 bits per heavy atom. The minimum atomic E-state index is -0.403. The number of fused-ring (bicyclic) bond motifs is 1. The van der Waals surface area contributed by atoms with Crippen molar-refractivity contribution in [1.82, 2.24) is 9.78 Å². The second kappa shape index (κ2) is 5.49. The highest BCUT2D eigenvalue weighted by Gasteiger charge is 2.33. The molecule has 7 nitrogen and oxygen atoms in total. The lowest BCUT2D eigenvalue weighted by molar-refractivity contribution is -0.116. The summed E-state index contributed by atoms with van der Waals surface area (Å²) in [5.74, 6) is 0.271. The van der Waals surface area contributed by atoms with Crippen molar-refractivity contribution in [3.8, 4) is 11.5 Å². The van der Waals surface area contributed by atoms with Crippen molar-refractivity contribution in [3.63, 3.8) is 0 Å². The van der Waals surface area contributed by atoms with Gasteiger partial charge in [0.05, 0.1) is 12.7 Å². The van der Waals surface area contributed by atoms with Gasteiger partial charge in [-0.05, 0) is 31.5 Å². The number of aromatic nitrogens is 2. The van der Waals surface area contributed by atoms with E-state index in [0.29, 0.717) is 22.7 Å². The van der Waals surface area contributed by atoms with Crippen LogP contribution in [0.4, 0.5) is 5.82 Å². The van der Waals surface area contributed by atoms with Gasteiger partial charge in [0.2, 0.25) is 5.91 Å². The number of amides is 1. The average Bonchev–Trinajstić information content (AvgIpc) is 2.83. The van der Waals surface area contributed by atoms with E-state index in [9.17, 15) is 14.7 Å². The molecule has 1 aromatic carbocycles. The van der Waals surface area contributed by atoms with Gasteiger partial charge < -0.3 is 15.2 Å². The van der Waals surface area contributed by atoms with E-state index in [0.717, 1.165) is 0 Å². The number of nitrogens with one attached hydrogen (secondary N) is 2. The number of benzene rings is 1. The number of phenols is 1. The predicted molar refractivity (Wildman–Crippen MR) is 85.2 cm³/mol. The predicted octanol–water partition coefficient (Wildman–Crippen LogP) is 1.95. The van der Waals surface area contributed by atoms with Crippen LogP contribution in [0.1, 0.15) is 43.4 Å². The molecule has 0 unspecified atom stereocenters. The van der Waals surface area contributed by atoms with Crippen molar-refractivity contribution in [2.45, 2.75) is 32.2 Å². The standard InChI is InChI=1S/C16H19N3O4/c1-8(2)19-15-14(16(22)18-19)10(7-13(21)17-15)9-4-5-12(23-3)11(20)6-9/h4-6,8,10,20H,7H2,1-3H3,(H,17,21)(H,18,22)/t10-/m0/s1. The molecule has 2 heterocycles. The number of aromatic amines is 1. The molecule has 2 aromatic rings. The highest BCUT2D eigenvalue weighted by molar-refractivity contribution is 5.94. The highest BCUT2D eigenvalue weighted by Crippen LogP contribution is 2.38. The highest BCUT2D eigenvalue weighted by atomic mass is 16.5. The summed E-state index contributed by atoms with van der Waals surface area (Å²) in [4.78, 5) is 24.4. The fraction of sp³-hybridized carbons (Fsp3) is 0.375. The lowest BCUT2D eigenvalue weighted by atomic mass is 9.87.